The van der Waals surface area contributed by atoms with E-state index in [1.54, 1.807) is 24.9 Å². The Labute approximate surface area is 112 Å². The number of carboxylic acid groups (broad SMARTS) is 1. The first kappa shape index (κ1) is 13.4. The molecule has 1 aromatic rings. The zero-order valence-corrected chi connectivity index (χ0v) is 11.4. The molecular weight excluding hydrogens is 244 g/mol. The fourth-order valence-corrected chi connectivity index (χ4v) is 1.99. The molecule has 2 amide bonds. The van der Waals surface area contributed by atoms with Crippen molar-refractivity contribution >= 4 is 17.7 Å². The second-order valence-corrected chi connectivity index (χ2v) is 5.04. The fraction of sp³-hybridized carbons (Fsp3) is 0.429. The summed E-state index contributed by atoms with van der Waals surface area (Å²) < 4.78 is 0. The van der Waals surface area contributed by atoms with Crippen LogP contribution < -0.4 is 5.32 Å². The Morgan fingerprint density at radius 1 is 1.32 bits per heavy atom. The Balaban J connectivity index is 2.20. The van der Waals surface area contributed by atoms with E-state index in [9.17, 15) is 9.59 Å². The van der Waals surface area contributed by atoms with E-state index in [0.717, 1.165) is 24.0 Å². The minimum Gasteiger partial charge on any atom is -0.478 e. The summed E-state index contributed by atoms with van der Waals surface area (Å²) in [6, 6.07) is 3.43. The second kappa shape index (κ2) is 4.91. The average Bonchev–Trinajstić information content (AvgIpc) is 3.16. The molecule has 0 saturated heterocycles. The van der Waals surface area contributed by atoms with Gasteiger partial charge in [0.2, 0.25) is 0 Å². The molecule has 1 aromatic carbocycles. The van der Waals surface area contributed by atoms with Crippen LogP contribution in [-0.2, 0) is 0 Å². The van der Waals surface area contributed by atoms with Crippen molar-refractivity contribution in [1.82, 2.24) is 4.90 Å². The van der Waals surface area contributed by atoms with Crippen molar-refractivity contribution < 1.29 is 14.7 Å². The Bertz CT molecular complexity index is 536. The molecule has 1 fully saturated rings. The molecular formula is C14H18N2O3. The molecule has 19 heavy (non-hydrogen) atoms. The van der Waals surface area contributed by atoms with Gasteiger partial charge in [0.15, 0.2) is 0 Å². The molecule has 2 N–H and O–H groups in total. The van der Waals surface area contributed by atoms with Gasteiger partial charge in [0.05, 0.1) is 5.56 Å². The van der Waals surface area contributed by atoms with Crippen LogP contribution in [0.2, 0.25) is 0 Å². The first-order valence-corrected chi connectivity index (χ1v) is 6.28. The second-order valence-electron chi connectivity index (χ2n) is 5.04. The smallest absolute Gasteiger partial charge is 0.336 e. The molecule has 1 aliphatic rings. The molecule has 1 saturated carbocycles. The van der Waals surface area contributed by atoms with E-state index in [1.165, 1.54) is 6.07 Å². The summed E-state index contributed by atoms with van der Waals surface area (Å²) >= 11 is 0. The van der Waals surface area contributed by atoms with Gasteiger partial charge in [0, 0.05) is 18.8 Å². The van der Waals surface area contributed by atoms with Crippen molar-refractivity contribution in [3.8, 4) is 0 Å². The number of aromatic carboxylic acids is 1. The summed E-state index contributed by atoms with van der Waals surface area (Å²) in [4.78, 5) is 24.7. The molecule has 1 aliphatic carbocycles. The Morgan fingerprint density at radius 3 is 2.47 bits per heavy atom. The Kier molecular flexibility index (Phi) is 3.46. The van der Waals surface area contributed by atoms with Crippen LogP contribution in [0.4, 0.5) is 10.5 Å². The van der Waals surface area contributed by atoms with Gasteiger partial charge in [-0.2, -0.15) is 0 Å². The molecule has 0 aromatic heterocycles. The predicted octanol–water partition coefficient (Wildman–Crippen LogP) is 2.63. The number of nitrogens with zero attached hydrogens (tertiary/aromatic N) is 1. The third-order valence-electron chi connectivity index (χ3n) is 3.56. The number of hydrogen-bond acceptors (Lipinski definition) is 2. The van der Waals surface area contributed by atoms with Crippen LogP contribution in [0.25, 0.3) is 0 Å². The lowest BCUT2D eigenvalue weighted by molar-refractivity contribution is 0.0696. The standard InChI is InChI=1S/C14H18N2O3/c1-8-6-10(7-12(9(8)2)13(17)18)15-14(19)16(3)11-4-5-11/h6-7,11H,4-5H2,1-3H3,(H,15,19)(H,17,18). The molecule has 0 spiro atoms. The number of urea groups is 1. The fourth-order valence-electron chi connectivity index (χ4n) is 1.99. The summed E-state index contributed by atoms with van der Waals surface area (Å²) in [6.07, 6.45) is 2.08. The van der Waals surface area contributed by atoms with Crippen LogP contribution in [0.15, 0.2) is 12.1 Å². The van der Waals surface area contributed by atoms with Gasteiger partial charge in [-0.15, -0.1) is 0 Å². The van der Waals surface area contributed by atoms with Gasteiger partial charge in [-0.25, -0.2) is 9.59 Å². The van der Waals surface area contributed by atoms with Crippen LogP contribution in [0.5, 0.6) is 0 Å². The normalized spacial score (nSPS) is 14.1. The zero-order chi connectivity index (χ0) is 14.2. The number of hydrogen-bond donors (Lipinski definition) is 2. The van der Waals surface area contributed by atoms with Crippen molar-refractivity contribution in [2.24, 2.45) is 0 Å². The minimum atomic E-state index is -0.979. The number of benzene rings is 1. The number of carbonyl (C=O) groups is 2. The van der Waals surface area contributed by atoms with Crippen LogP contribution in [-0.4, -0.2) is 35.1 Å². The largest absolute Gasteiger partial charge is 0.478 e. The monoisotopic (exact) mass is 262 g/mol. The number of carboxylic acids is 1. The topological polar surface area (TPSA) is 69.6 Å². The maximum absolute atomic E-state index is 11.9. The highest BCUT2D eigenvalue weighted by Crippen LogP contribution is 2.26. The average molecular weight is 262 g/mol. The quantitative estimate of drug-likeness (QED) is 0.879. The molecule has 0 unspecified atom stereocenters. The summed E-state index contributed by atoms with van der Waals surface area (Å²) in [7, 11) is 1.76. The third kappa shape index (κ3) is 2.86. The third-order valence-corrected chi connectivity index (χ3v) is 3.56. The summed E-state index contributed by atoms with van der Waals surface area (Å²) in [6.45, 7) is 3.60. The molecule has 5 heteroatoms. The van der Waals surface area contributed by atoms with Gasteiger partial charge in [0.1, 0.15) is 0 Å². The van der Waals surface area contributed by atoms with E-state index in [1.807, 2.05) is 6.92 Å². The van der Waals surface area contributed by atoms with Gasteiger partial charge in [-0.3, -0.25) is 0 Å². The SMILES string of the molecule is Cc1cc(NC(=O)N(C)C2CC2)cc(C(=O)O)c1C. The van der Waals surface area contributed by atoms with Gasteiger partial charge in [0.25, 0.3) is 0 Å². The number of carbonyl (C=O) groups excluding carboxylic acids is 1. The van der Waals surface area contributed by atoms with Crippen LogP contribution >= 0.6 is 0 Å². The lowest BCUT2D eigenvalue weighted by Crippen LogP contribution is -2.33. The molecule has 0 bridgehead atoms. The maximum Gasteiger partial charge on any atom is 0.336 e. The first-order valence-electron chi connectivity index (χ1n) is 6.28. The number of anilines is 1. The highest BCUT2D eigenvalue weighted by atomic mass is 16.4. The highest BCUT2D eigenvalue weighted by molar-refractivity contribution is 5.94. The summed E-state index contributed by atoms with van der Waals surface area (Å²) in [5.74, 6) is -0.979. The van der Waals surface area contributed by atoms with Gasteiger partial charge >= 0.3 is 12.0 Å². The number of rotatable bonds is 3. The van der Waals surface area contributed by atoms with Crippen molar-refractivity contribution in [2.45, 2.75) is 32.7 Å². The van der Waals surface area contributed by atoms with Crippen molar-refractivity contribution in [1.29, 1.82) is 0 Å². The molecule has 0 aliphatic heterocycles. The van der Waals surface area contributed by atoms with Crippen LogP contribution in [0.1, 0.15) is 34.3 Å². The minimum absolute atomic E-state index is 0.193. The molecule has 0 radical (unpaired) electrons. The van der Waals surface area contributed by atoms with Crippen molar-refractivity contribution in [3.05, 3.63) is 28.8 Å². The first-order chi connectivity index (χ1) is 8.90. The van der Waals surface area contributed by atoms with Crippen molar-refractivity contribution in [2.75, 3.05) is 12.4 Å². The van der Waals surface area contributed by atoms with Crippen LogP contribution in [0, 0.1) is 13.8 Å². The van der Waals surface area contributed by atoms with E-state index < -0.39 is 5.97 Å². The van der Waals surface area contributed by atoms with Gasteiger partial charge in [-0.05, 0) is 49.9 Å². The van der Waals surface area contributed by atoms with Gasteiger partial charge in [-0.1, -0.05) is 0 Å². The molecule has 0 atom stereocenters. The van der Waals surface area contributed by atoms with E-state index in [4.69, 9.17) is 5.11 Å². The number of amides is 2. The van der Waals surface area contributed by atoms with E-state index in [2.05, 4.69) is 5.32 Å². The zero-order valence-electron chi connectivity index (χ0n) is 11.4. The van der Waals surface area contributed by atoms with Gasteiger partial charge < -0.3 is 15.3 Å². The summed E-state index contributed by atoms with van der Waals surface area (Å²) in [5, 5.41) is 11.9. The Morgan fingerprint density at radius 2 is 1.95 bits per heavy atom. The predicted molar refractivity (Wildman–Crippen MR) is 72.7 cm³/mol. The molecule has 102 valence electrons. The summed E-state index contributed by atoms with van der Waals surface area (Å²) in [5.41, 5.74) is 2.33. The van der Waals surface area contributed by atoms with Crippen molar-refractivity contribution in [3.63, 3.8) is 0 Å². The van der Waals surface area contributed by atoms with E-state index >= 15 is 0 Å². The maximum atomic E-state index is 11.9. The molecule has 2 rings (SSSR count). The lowest BCUT2D eigenvalue weighted by Gasteiger charge is -2.18. The highest BCUT2D eigenvalue weighted by Gasteiger charge is 2.29. The molecule has 0 heterocycles. The number of nitrogens with one attached hydrogen (secondary N) is 1. The Hall–Kier alpha value is -2.04. The van der Waals surface area contributed by atoms with E-state index in [-0.39, 0.29) is 11.6 Å². The van der Waals surface area contributed by atoms with Crippen LogP contribution in [0.3, 0.4) is 0 Å². The van der Waals surface area contributed by atoms with E-state index in [0.29, 0.717) is 11.7 Å². The molecule has 5 nitrogen and oxygen atoms in total. The lowest BCUT2D eigenvalue weighted by atomic mass is 10.0. The number of aryl methyl sites for hydroxylation is 1.